The SMILES string of the molecule is Cc1nn(C)cc1C(C)NCCCN1CCN(C)CC1. The topological polar surface area (TPSA) is 36.3 Å². The van der Waals surface area contributed by atoms with Crippen molar-refractivity contribution >= 4 is 0 Å². The molecule has 114 valence electrons. The van der Waals surface area contributed by atoms with Crippen molar-refractivity contribution in [2.45, 2.75) is 26.3 Å². The van der Waals surface area contributed by atoms with Gasteiger partial charge in [-0.15, -0.1) is 0 Å². The Kier molecular flexibility index (Phi) is 5.57. The minimum Gasteiger partial charge on any atom is -0.310 e. The predicted molar refractivity (Wildman–Crippen MR) is 82.9 cm³/mol. The van der Waals surface area contributed by atoms with Crippen LogP contribution in [0.2, 0.25) is 0 Å². The van der Waals surface area contributed by atoms with Gasteiger partial charge in [0, 0.05) is 51.0 Å². The standard InChI is InChI=1S/C15H29N5/c1-13(15-12-19(4)17-14(15)2)16-6-5-7-20-10-8-18(3)9-11-20/h12-13,16H,5-11H2,1-4H3. The average molecular weight is 279 g/mol. The Morgan fingerprint density at radius 1 is 1.25 bits per heavy atom. The molecule has 0 spiro atoms. The van der Waals surface area contributed by atoms with Crippen LogP contribution in [0.5, 0.6) is 0 Å². The van der Waals surface area contributed by atoms with E-state index in [0.29, 0.717) is 6.04 Å². The zero-order chi connectivity index (χ0) is 14.5. The first-order valence-corrected chi connectivity index (χ1v) is 7.70. The van der Waals surface area contributed by atoms with Gasteiger partial charge >= 0.3 is 0 Å². The molecule has 0 saturated carbocycles. The molecule has 1 N–H and O–H groups in total. The molecule has 0 bridgehead atoms. The third-order valence-corrected chi connectivity index (χ3v) is 4.22. The molecule has 5 heteroatoms. The lowest BCUT2D eigenvalue weighted by Gasteiger charge is -2.32. The number of hydrogen-bond acceptors (Lipinski definition) is 4. The first-order chi connectivity index (χ1) is 9.56. The second-order valence-electron chi connectivity index (χ2n) is 6.02. The minimum absolute atomic E-state index is 0.385. The van der Waals surface area contributed by atoms with Gasteiger partial charge < -0.3 is 15.1 Å². The van der Waals surface area contributed by atoms with Crippen LogP contribution in [0.25, 0.3) is 0 Å². The number of nitrogens with zero attached hydrogens (tertiary/aromatic N) is 4. The second kappa shape index (κ2) is 7.20. The van der Waals surface area contributed by atoms with Crippen LogP contribution in [0.4, 0.5) is 0 Å². The van der Waals surface area contributed by atoms with Gasteiger partial charge in [0.05, 0.1) is 5.69 Å². The first kappa shape index (κ1) is 15.5. The van der Waals surface area contributed by atoms with Gasteiger partial charge in [-0.25, -0.2) is 0 Å². The smallest absolute Gasteiger partial charge is 0.0641 e. The van der Waals surface area contributed by atoms with Gasteiger partial charge in [-0.05, 0) is 40.4 Å². The molecule has 2 heterocycles. The molecule has 1 fully saturated rings. The molecule has 1 aromatic rings. The lowest BCUT2D eigenvalue weighted by Crippen LogP contribution is -2.45. The summed E-state index contributed by atoms with van der Waals surface area (Å²) < 4.78 is 1.90. The Morgan fingerprint density at radius 3 is 2.55 bits per heavy atom. The maximum Gasteiger partial charge on any atom is 0.0641 e. The summed E-state index contributed by atoms with van der Waals surface area (Å²) in [6.45, 7) is 11.4. The maximum atomic E-state index is 4.40. The zero-order valence-corrected chi connectivity index (χ0v) is 13.4. The maximum absolute atomic E-state index is 4.40. The number of piperazine rings is 1. The highest BCUT2D eigenvalue weighted by Gasteiger charge is 2.14. The summed E-state index contributed by atoms with van der Waals surface area (Å²) in [5, 5.41) is 8.02. The summed E-state index contributed by atoms with van der Waals surface area (Å²) in [4.78, 5) is 4.98. The van der Waals surface area contributed by atoms with Crippen molar-refractivity contribution in [1.29, 1.82) is 0 Å². The summed E-state index contributed by atoms with van der Waals surface area (Å²) >= 11 is 0. The van der Waals surface area contributed by atoms with Crippen LogP contribution in [0.1, 0.15) is 30.6 Å². The molecule has 0 amide bonds. The van der Waals surface area contributed by atoms with E-state index in [0.717, 1.165) is 12.2 Å². The fraction of sp³-hybridized carbons (Fsp3) is 0.800. The highest BCUT2D eigenvalue weighted by Crippen LogP contribution is 2.15. The summed E-state index contributed by atoms with van der Waals surface area (Å²) in [6, 6.07) is 0.385. The van der Waals surface area contributed by atoms with Crippen LogP contribution in [0.15, 0.2) is 6.20 Å². The molecule has 5 nitrogen and oxygen atoms in total. The van der Waals surface area contributed by atoms with Crippen molar-refractivity contribution < 1.29 is 0 Å². The largest absolute Gasteiger partial charge is 0.310 e. The summed E-state index contributed by atoms with van der Waals surface area (Å²) in [5.41, 5.74) is 2.44. The van der Waals surface area contributed by atoms with E-state index in [-0.39, 0.29) is 0 Å². The van der Waals surface area contributed by atoms with Gasteiger partial charge in [-0.1, -0.05) is 0 Å². The predicted octanol–water partition coefficient (Wildman–Crippen LogP) is 1.02. The molecular weight excluding hydrogens is 250 g/mol. The summed E-state index contributed by atoms with van der Waals surface area (Å²) in [6.07, 6.45) is 3.33. The van der Waals surface area contributed by atoms with Gasteiger partial charge in [0.1, 0.15) is 0 Å². The fourth-order valence-corrected chi connectivity index (χ4v) is 2.85. The summed E-state index contributed by atoms with van der Waals surface area (Å²) in [5.74, 6) is 0. The molecule has 1 aliphatic heterocycles. The molecule has 0 aliphatic carbocycles. The quantitative estimate of drug-likeness (QED) is 0.789. The van der Waals surface area contributed by atoms with Crippen LogP contribution in [-0.4, -0.2) is 65.9 Å². The van der Waals surface area contributed by atoms with Crippen LogP contribution >= 0.6 is 0 Å². The van der Waals surface area contributed by atoms with E-state index in [1.165, 1.54) is 44.7 Å². The van der Waals surface area contributed by atoms with Gasteiger partial charge in [0.15, 0.2) is 0 Å². The van der Waals surface area contributed by atoms with Gasteiger partial charge in [0.25, 0.3) is 0 Å². The Hall–Kier alpha value is -0.910. The highest BCUT2D eigenvalue weighted by atomic mass is 15.3. The zero-order valence-electron chi connectivity index (χ0n) is 13.4. The monoisotopic (exact) mass is 279 g/mol. The second-order valence-corrected chi connectivity index (χ2v) is 6.02. The van der Waals surface area contributed by atoms with Crippen molar-refractivity contribution in [3.05, 3.63) is 17.5 Å². The van der Waals surface area contributed by atoms with E-state index >= 15 is 0 Å². The van der Waals surface area contributed by atoms with Crippen LogP contribution in [-0.2, 0) is 7.05 Å². The third-order valence-electron chi connectivity index (χ3n) is 4.22. The van der Waals surface area contributed by atoms with E-state index < -0.39 is 0 Å². The number of aromatic nitrogens is 2. The van der Waals surface area contributed by atoms with Crippen molar-refractivity contribution in [3.63, 3.8) is 0 Å². The Morgan fingerprint density at radius 2 is 1.95 bits per heavy atom. The normalized spacial score (nSPS) is 19.4. The van der Waals surface area contributed by atoms with Crippen molar-refractivity contribution in [3.8, 4) is 0 Å². The molecule has 1 atom stereocenters. The van der Waals surface area contributed by atoms with E-state index in [4.69, 9.17) is 0 Å². The molecule has 1 unspecified atom stereocenters. The van der Waals surface area contributed by atoms with Gasteiger partial charge in [-0.2, -0.15) is 5.10 Å². The molecule has 1 aromatic heterocycles. The van der Waals surface area contributed by atoms with Crippen molar-refractivity contribution in [1.82, 2.24) is 24.9 Å². The molecule has 2 rings (SSSR count). The van der Waals surface area contributed by atoms with Crippen molar-refractivity contribution in [2.24, 2.45) is 7.05 Å². The Balaban J connectivity index is 1.64. The van der Waals surface area contributed by atoms with E-state index in [1.54, 1.807) is 0 Å². The minimum atomic E-state index is 0.385. The number of nitrogens with one attached hydrogen (secondary N) is 1. The molecule has 0 aromatic carbocycles. The van der Waals surface area contributed by atoms with Crippen LogP contribution in [0, 0.1) is 6.92 Å². The first-order valence-electron chi connectivity index (χ1n) is 7.70. The Labute approximate surface area is 122 Å². The fourth-order valence-electron chi connectivity index (χ4n) is 2.85. The molecule has 0 radical (unpaired) electrons. The average Bonchev–Trinajstić information content (AvgIpc) is 2.75. The van der Waals surface area contributed by atoms with E-state index in [1.807, 2.05) is 11.7 Å². The van der Waals surface area contributed by atoms with Crippen molar-refractivity contribution in [2.75, 3.05) is 46.3 Å². The van der Waals surface area contributed by atoms with Gasteiger partial charge in [-0.3, -0.25) is 4.68 Å². The highest BCUT2D eigenvalue weighted by molar-refractivity contribution is 5.19. The molecule has 20 heavy (non-hydrogen) atoms. The van der Waals surface area contributed by atoms with E-state index in [9.17, 15) is 0 Å². The third kappa shape index (κ3) is 4.30. The Bertz CT molecular complexity index is 406. The summed E-state index contributed by atoms with van der Waals surface area (Å²) in [7, 11) is 4.19. The lowest BCUT2D eigenvalue weighted by atomic mass is 10.1. The van der Waals surface area contributed by atoms with Crippen LogP contribution < -0.4 is 5.32 Å². The number of hydrogen-bond donors (Lipinski definition) is 1. The van der Waals surface area contributed by atoms with Crippen LogP contribution in [0.3, 0.4) is 0 Å². The molecule has 1 saturated heterocycles. The lowest BCUT2D eigenvalue weighted by molar-refractivity contribution is 0.152. The molecule has 1 aliphatic rings. The molecular formula is C15H29N5. The van der Waals surface area contributed by atoms with Gasteiger partial charge in [0.2, 0.25) is 0 Å². The number of aryl methyl sites for hydroxylation is 2. The number of likely N-dealkylation sites (N-methyl/N-ethyl adjacent to an activating group) is 1. The number of rotatable bonds is 6. The van der Waals surface area contributed by atoms with E-state index in [2.05, 4.69) is 47.3 Å².